The zero-order chi connectivity index (χ0) is 25.0. The molecule has 0 bridgehead atoms. The van der Waals surface area contributed by atoms with Gasteiger partial charge < -0.3 is 14.4 Å². The van der Waals surface area contributed by atoms with Gasteiger partial charge in [0.25, 0.3) is 0 Å². The highest BCUT2D eigenvalue weighted by atomic mass is 32.2. The van der Waals surface area contributed by atoms with Crippen molar-refractivity contribution in [3.05, 3.63) is 58.9 Å². The van der Waals surface area contributed by atoms with Crippen molar-refractivity contribution in [1.82, 2.24) is 9.88 Å². The minimum atomic E-state index is -0.385. The second kappa shape index (κ2) is 10.8. The van der Waals surface area contributed by atoms with Crippen LogP contribution in [0.4, 0.5) is 0 Å². The fourth-order valence-electron chi connectivity index (χ4n) is 4.42. The van der Waals surface area contributed by atoms with E-state index in [9.17, 15) is 9.59 Å². The minimum absolute atomic E-state index is 0.00826. The highest BCUT2D eigenvalue weighted by Crippen LogP contribution is 2.46. The van der Waals surface area contributed by atoms with Gasteiger partial charge in [-0.1, -0.05) is 31.5 Å². The predicted molar refractivity (Wildman–Crippen MR) is 136 cm³/mol. The lowest BCUT2D eigenvalue weighted by Gasteiger charge is -2.37. The molecule has 7 heteroatoms. The van der Waals surface area contributed by atoms with Gasteiger partial charge in [-0.05, 0) is 87.1 Å². The van der Waals surface area contributed by atoms with Crippen molar-refractivity contribution in [3.8, 4) is 11.8 Å². The van der Waals surface area contributed by atoms with Crippen molar-refractivity contribution in [2.24, 2.45) is 5.92 Å². The number of likely N-dealkylation sites (tertiary alicyclic amines) is 1. The van der Waals surface area contributed by atoms with Crippen molar-refractivity contribution in [3.63, 3.8) is 0 Å². The number of rotatable bonds is 4. The van der Waals surface area contributed by atoms with Gasteiger partial charge in [-0.2, -0.15) is 0 Å². The SMILES string of the molecule is CCOC(=O)c1ccc(C#Cc2ccc3c(c2)C(C)(C)CC(OC(=O)C2CCN(C)CC2)S3)nc1. The van der Waals surface area contributed by atoms with Gasteiger partial charge in [0.2, 0.25) is 0 Å². The van der Waals surface area contributed by atoms with Crippen LogP contribution in [0.25, 0.3) is 0 Å². The van der Waals surface area contributed by atoms with Crippen molar-refractivity contribution in [2.45, 2.75) is 55.8 Å². The minimum Gasteiger partial charge on any atom is -0.462 e. The van der Waals surface area contributed by atoms with E-state index in [0.29, 0.717) is 17.9 Å². The van der Waals surface area contributed by atoms with Crippen LogP contribution < -0.4 is 0 Å². The summed E-state index contributed by atoms with van der Waals surface area (Å²) in [4.78, 5) is 32.2. The maximum absolute atomic E-state index is 12.8. The van der Waals surface area contributed by atoms with Gasteiger partial charge in [-0.15, -0.1) is 0 Å². The lowest BCUT2D eigenvalue weighted by atomic mass is 9.80. The Balaban J connectivity index is 1.44. The Morgan fingerprint density at radius 3 is 2.63 bits per heavy atom. The number of thioether (sulfide) groups is 1. The molecule has 1 unspecified atom stereocenters. The highest BCUT2D eigenvalue weighted by Gasteiger charge is 2.37. The summed E-state index contributed by atoms with van der Waals surface area (Å²) in [7, 11) is 2.09. The summed E-state index contributed by atoms with van der Waals surface area (Å²) in [6, 6.07) is 9.58. The molecule has 6 nitrogen and oxygen atoms in total. The van der Waals surface area contributed by atoms with Crippen LogP contribution in [0.2, 0.25) is 0 Å². The number of piperidine rings is 1. The number of carbonyl (C=O) groups is 2. The third kappa shape index (κ3) is 6.25. The van der Waals surface area contributed by atoms with Gasteiger partial charge in [-0.25, -0.2) is 9.78 Å². The zero-order valence-corrected chi connectivity index (χ0v) is 21.6. The second-order valence-corrected chi connectivity index (χ2v) is 11.0. The smallest absolute Gasteiger partial charge is 0.339 e. The van der Waals surface area contributed by atoms with Crippen LogP contribution in [0.5, 0.6) is 0 Å². The number of benzene rings is 1. The van der Waals surface area contributed by atoms with Gasteiger partial charge in [0.15, 0.2) is 5.44 Å². The quantitative estimate of drug-likeness (QED) is 0.455. The van der Waals surface area contributed by atoms with E-state index in [1.165, 1.54) is 11.8 Å². The summed E-state index contributed by atoms with van der Waals surface area (Å²) >= 11 is 1.63. The molecular weight excluding hydrogens is 460 g/mol. The molecule has 2 aromatic rings. The summed E-state index contributed by atoms with van der Waals surface area (Å²) < 4.78 is 11.0. The molecule has 0 saturated carbocycles. The molecule has 1 fully saturated rings. The normalized spacial score (nSPS) is 19.7. The van der Waals surface area contributed by atoms with E-state index in [1.54, 1.807) is 30.8 Å². The van der Waals surface area contributed by atoms with Gasteiger partial charge in [0.1, 0.15) is 5.69 Å². The van der Waals surface area contributed by atoms with Crippen LogP contribution in [0.15, 0.2) is 41.4 Å². The zero-order valence-electron chi connectivity index (χ0n) is 20.8. The molecule has 2 aliphatic rings. The Morgan fingerprint density at radius 1 is 1.17 bits per heavy atom. The van der Waals surface area contributed by atoms with Crippen molar-refractivity contribution in [2.75, 3.05) is 26.7 Å². The van der Waals surface area contributed by atoms with Gasteiger partial charge in [-0.3, -0.25) is 4.79 Å². The molecule has 1 atom stereocenters. The molecule has 0 N–H and O–H groups in total. The third-order valence-corrected chi connectivity index (χ3v) is 7.69. The maximum Gasteiger partial charge on any atom is 0.339 e. The topological polar surface area (TPSA) is 68.7 Å². The standard InChI is InChI=1S/C28H32N2O4S/c1-5-33-26(31)21-8-10-22(29-18-21)9-6-19-7-11-24-23(16-19)28(2,3)17-25(35-24)34-27(32)20-12-14-30(4)15-13-20/h7-8,10-11,16,18,20,25H,5,12-15,17H2,1-4H3. The van der Waals surface area contributed by atoms with Crippen molar-refractivity contribution in [1.29, 1.82) is 0 Å². The first-order valence-electron chi connectivity index (χ1n) is 12.1. The lowest BCUT2D eigenvalue weighted by Crippen LogP contribution is -2.37. The molecule has 1 aromatic carbocycles. The number of fused-ring (bicyclic) bond motifs is 1. The molecule has 2 aliphatic heterocycles. The second-order valence-electron chi connectivity index (χ2n) is 9.76. The largest absolute Gasteiger partial charge is 0.462 e. The Labute approximate surface area is 211 Å². The Kier molecular flexibility index (Phi) is 7.83. The molecule has 1 aromatic heterocycles. The number of esters is 2. The van der Waals surface area contributed by atoms with Crippen molar-refractivity contribution >= 4 is 23.7 Å². The predicted octanol–water partition coefficient (Wildman–Crippen LogP) is 4.64. The molecule has 0 aliphatic carbocycles. The van der Waals surface area contributed by atoms with E-state index < -0.39 is 0 Å². The fraction of sp³-hybridized carbons (Fsp3) is 0.464. The Hall–Kier alpha value is -2.82. The first-order valence-corrected chi connectivity index (χ1v) is 13.0. The van der Waals surface area contributed by atoms with Gasteiger partial charge in [0.05, 0.1) is 18.1 Å². The van der Waals surface area contributed by atoms with Crippen LogP contribution in [0.3, 0.4) is 0 Å². The Morgan fingerprint density at radius 2 is 1.94 bits per heavy atom. The Bertz CT molecular complexity index is 1140. The number of nitrogens with zero attached hydrogens (tertiary/aromatic N) is 2. The number of hydrogen-bond acceptors (Lipinski definition) is 7. The van der Waals surface area contributed by atoms with Gasteiger partial charge >= 0.3 is 11.9 Å². The number of aromatic nitrogens is 1. The molecule has 0 amide bonds. The molecule has 35 heavy (non-hydrogen) atoms. The van der Waals surface area contributed by atoms with Crippen LogP contribution in [0, 0.1) is 17.8 Å². The van der Waals surface area contributed by atoms with E-state index in [4.69, 9.17) is 9.47 Å². The summed E-state index contributed by atoms with van der Waals surface area (Å²) in [5.41, 5.74) is 2.79. The summed E-state index contributed by atoms with van der Waals surface area (Å²) in [5.74, 6) is 5.83. The van der Waals surface area contributed by atoms with Crippen LogP contribution >= 0.6 is 11.8 Å². The van der Waals surface area contributed by atoms with E-state index in [0.717, 1.165) is 42.8 Å². The number of ether oxygens (including phenoxy) is 2. The molecular formula is C28H32N2O4S. The summed E-state index contributed by atoms with van der Waals surface area (Å²) in [6.45, 7) is 8.37. The average Bonchev–Trinajstić information content (AvgIpc) is 2.83. The van der Waals surface area contributed by atoms with E-state index >= 15 is 0 Å². The monoisotopic (exact) mass is 492 g/mol. The first-order chi connectivity index (χ1) is 16.7. The van der Waals surface area contributed by atoms with E-state index in [2.05, 4.69) is 54.8 Å². The fourth-order valence-corrected chi connectivity index (χ4v) is 5.96. The van der Waals surface area contributed by atoms with Crippen LogP contribution in [-0.2, 0) is 19.7 Å². The van der Waals surface area contributed by atoms with E-state index in [1.807, 2.05) is 6.07 Å². The molecule has 0 spiro atoms. The van der Waals surface area contributed by atoms with Crippen molar-refractivity contribution < 1.29 is 19.1 Å². The van der Waals surface area contributed by atoms with Gasteiger partial charge in [0, 0.05) is 23.1 Å². The molecule has 184 valence electrons. The average molecular weight is 493 g/mol. The highest BCUT2D eigenvalue weighted by molar-refractivity contribution is 7.99. The van der Waals surface area contributed by atoms with Crippen LogP contribution in [-0.4, -0.2) is 54.0 Å². The molecule has 1 saturated heterocycles. The first kappa shape index (κ1) is 25.3. The number of hydrogen-bond donors (Lipinski definition) is 0. The summed E-state index contributed by atoms with van der Waals surface area (Å²) in [5, 5.41) is 0. The summed E-state index contributed by atoms with van der Waals surface area (Å²) in [6.07, 6.45) is 3.99. The van der Waals surface area contributed by atoms with E-state index in [-0.39, 0.29) is 28.7 Å². The molecule has 0 radical (unpaired) electrons. The molecule has 3 heterocycles. The number of carbonyl (C=O) groups excluding carboxylic acids is 2. The molecule has 4 rings (SSSR count). The van der Waals surface area contributed by atoms with Crippen LogP contribution in [0.1, 0.15) is 67.2 Å². The lowest BCUT2D eigenvalue weighted by molar-refractivity contribution is -0.152. The third-order valence-electron chi connectivity index (χ3n) is 6.55. The maximum atomic E-state index is 12.8. The number of pyridine rings is 1.